The molecule has 1 saturated heterocycles. The Bertz CT molecular complexity index is 607. The molecule has 0 saturated carbocycles. The van der Waals surface area contributed by atoms with E-state index in [9.17, 15) is 9.90 Å². The predicted octanol–water partition coefficient (Wildman–Crippen LogP) is 2.44. The molecule has 1 N–H and O–H groups in total. The minimum absolute atomic E-state index is 0.195. The van der Waals surface area contributed by atoms with Crippen LogP contribution in [0.5, 0.6) is 0 Å². The molecule has 2 atom stereocenters. The Labute approximate surface area is 118 Å². The Hall–Kier alpha value is -2.13. The van der Waals surface area contributed by atoms with E-state index in [1.807, 2.05) is 61.5 Å². The first kappa shape index (κ1) is 12.9. The van der Waals surface area contributed by atoms with E-state index in [1.165, 1.54) is 5.56 Å². The highest BCUT2D eigenvalue weighted by Crippen LogP contribution is 2.36. The smallest absolute Gasteiger partial charge is 0.254 e. The van der Waals surface area contributed by atoms with Crippen molar-refractivity contribution >= 4 is 5.91 Å². The molecule has 1 aliphatic heterocycles. The molecule has 0 radical (unpaired) electrons. The van der Waals surface area contributed by atoms with Gasteiger partial charge in [-0.1, -0.05) is 60.2 Å². The van der Waals surface area contributed by atoms with Crippen molar-refractivity contribution in [1.29, 1.82) is 0 Å². The van der Waals surface area contributed by atoms with E-state index in [-0.39, 0.29) is 11.9 Å². The van der Waals surface area contributed by atoms with Crippen LogP contribution in [0, 0.1) is 6.92 Å². The Kier molecular flexibility index (Phi) is 3.28. The third-order valence-corrected chi connectivity index (χ3v) is 3.79. The van der Waals surface area contributed by atoms with Gasteiger partial charge in [0.05, 0.1) is 6.04 Å². The molecule has 3 heteroatoms. The van der Waals surface area contributed by atoms with E-state index in [4.69, 9.17) is 0 Å². The fourth-order valence-corrected chi connectivity index (χ4v) is 2.61. The number of carbonyl (C=O) groups excluding carboxylic acids is 1. The second-order valence-corrected chi connectivity index (χ2v) is 5.25. The van der Waals surface area contributed by atoms with E-state index in [0.717, 1.165) is 11.1 Å². The molecule has 0 bridgehead atoms. The number of aryl methyl sites for hydroxylation is 1. The number of β-lactam (4-membered cyclic amide) rings is 1. The standard InChI is InChI=1S/C17H17NO2/c1-12-7-9-14(10-8-12)15-16(19)17(20)18(15)11-13-5-3-2-4-6-13/h2-10,15-16,19H,11H2,1H3. The van der Waals surface area contributed by atoms with Gasteiger partial charge in [0, 0.05) is 6.54 Å². The number of amides is 1. The molecule has 1 amide bonds. The second kappa shape index (κ2) is 5.10. The molecule has 0 spiro atoms. The van der Waals surface area contributed by atoms with Crippen molar-refractivity contribution in [3.05, 3.63) is 71.3 Å². The van der Waals surface area contributed by atoms with E-state index in [1.54, 1.807) is 4.90 Å². The van der Waals surface area contributed by atoms with Crippen molar-refractivity contribution in [2.45, 2.75) is 25.6 Å². The van der Waals surface area contributed by atoms with Crippen molar-refractivity contribution < 1.29 is 9.90 Å². The summed E-state index contributed by atoms with van der Waals surface area (Å²) in [5.41, 5.74) is 3.23. The Balaban J connectivity index is 1.82. The highest BCUT2D eigenvalue weighted by molar-refractivity contribution is 5.88. The van der Waals surface area contributed by atoms with Crippen molar-refractivity contribution in [2.75, 3.05) is 0 Å². The van der Waals surface area contributed by atoms with Crippen molar-refractivity contribution in [3.63, 3.8) is 0 Å². The van der Waals surface area contributed by atoms with Gasteiger partial charge in [-0.3, -0.25) is 4.79 Å². The lowest BCUT2D eigenvalue weighted by Gasteiger charge is -2.45. The summed E-state index contributed by atoms with van der Waals surface area (Å²) in [6.07, 6.45) is -0.915. The molecule has 1 fully saturated rings. The molecule has 2 aromatic carbocycles. The van der Waals surface area contributed by atoms with Crippen LogP contribution in [-0.4, -0.2) is 22.0 Å². The van der Waals surface area contributed by atoms with Gasteiger partial charge in [-0.15, -0.1) is 0 Å². The van der Waals surface area contributed by atoms with Crippen molar-refractivity contribution in [1.82, 2.24) is 4.90 Å². The van der Waals surface area contributed by atoms with Crippen LogP contribution >= 0.6 is 0 Å². The van der Waals surface area contributed by atoms with Crippen molar-refractivity contribution in [3.8, 4) is 0 Å². The maximum absolute atomic E-state index is 11.9. The van der Waals surface area contributed by atoms with E-state index in [0.29, 0.717) is 6.54 Å². The van der Waals surface area contributed by atoms with Crippen LogP contribution in [0.15, 0.2) is 54.6 Å². The third-order valence-electron chi connectivity index (χ3n) is 3.79. The number of aliphatic hydroxyl groups is 1. The summed E-state index contributed by atoms with van der Waals surface area (Å²) in [5.74, 6) is -0.195. The lowest BCUT2D eigenvalue weighted by atomic mass is 9.90. The quantitative estimate of drug-likeness (QED) is 0.868. The van der Waals surface area contributed by atoms with Gasteiger partial charge in [-0.25, -0.2) is 0 Å². The first-order valence-corrected chi connectivity index (χ1v) is 6.76. The molecule has 1 heterocycles. The largest absolute Gasteiger partial charge is 0.381 e. The number of hydrogen-bond donors (Lipinski definition) is 1. The fourth-order valence-electron chi connectivity index (χ4n) is 2.61. The summed E-state index contributed by atoms with van der Waals surface area (Å²) in [6, 6.07) is 17.6. The van der Waals surface area contributed by atoms with Crippen LogP contribution in [-0.2, 0) is 11.3 Å². The number of benzene rings is 2. The molecule has 0 aliphatic carbocycles. The molecule has 3 rings (SSSR count). The third kappa shape index (κ3) is 2.21. The van der Waals surface area contributed by atoms with Gasteiger partial charge in [0.15, 0.2) is 6.10 Å². The molecule has 1 aliphatic rings. The van der Waals surface area contributed by atoms with Crippen LogP contribution < -0.4 is 0 Å². The van der Waals surface area contributed by atoms with Gasteiger partial charge in [0.25, 0.3) is 5.91 Å². The number of likely N-dealkylation sites (tertiary alicyclic amines) is 1. The summed E-state index contributed by atoms with van der Waals surface area (Å²) in [6.45, 7) is 2.56. The van der Waals surface area contributed by atoms with Crippen LogP contribution in [0.25, 0.3) is 0 Å². The average Bonchev–Trinajstić information content (AvgIpc) is 2.49. The van der Waals surface area contributed by atoms with Crippen LogP contribution in [0.4, 0.5) is 0 Å². The van der Waals surface area contributed by atoms with Crippen LogP contribution in [0.2, 0.25) is 0 Å². The molecule has 3 nitrogen and oxygen atoms in total. The van der Waals surface area contributed by atoms with Gasteiger partial charge in [-0.2, -0.15) is 0 Å². The number of nitrogens with zero attached hydrogens (tertiary/aromatic N) is 1. The summed E-state index contributed by atoms with van der Waals surface area (Å²) >= 11 is 0. The van der Waals surface area contributed by atoms with Gasteiger partial charge in [-0.05, 0) is 18.1 Å². The minimum atomic E-state index is -0.915. The van der Waals surface area contributed by atoms with Gasteiger partial charge >= 0.3 is 0 Å². The lowest BCUT2D eigenvalue weighted by Crippen LogP contribution is -2.58. The highest BCUT2D eigenvalue weighted by Gasteiger charge is 2.46. The Morgan fingerprint density at radius 3 is 2.35 bits per heavy atom. The van der Waals surface area contributed by atoms with Crippen LogP contribution in [0.3, 0.4) is 0 Å². The monoisotopic (exact) mass is 267 g/mol. The first-order valence-electron chi connectivity index (χ1n) is 6.76. The summed E-state index contributed by atoms with van der Waals surface area (Å²) in [5, 5.41) is 9.96. The minimum Gasteiger partial charge on any atom is -0.381 e. The van der Waals surface area contributed by atoms with Gasteiger partial charge in [0.1, 0.15) is 0 Å². The zero-order valence-electron chi connectivity index (χ0n) is 11.4. The SMILES string of the molecule is Cc1ccc(C2C(O)C(=O)N2Cc2ccccc2)cc1. The highest BCUT2D eigenvalue weighted by atomic mass is 16.3. The second-order valence-electron chi connectivity index (χ2n) is 5.25. The molecule has 2 unspecified atom stereocenters. The maximum atomic E-state index is 11.9. The molecular formula is C17H17NO2. The molecule has 0 aromatic heterocycles. The lowest BCUT2D eigenvalue weighted by molar-refractivity contribution is -0.168. The van der Waals surface area contributed by atoms with Crippen molar-refractivity contribution in [2.24, 2.45) is 0 Å². The predicted molar refractivity (Wildman–Crippen MR) is 76.9 cm³/mol. The van der Waals surface area contributed by atoms with E-state index in [2.05, 4.69) is 0 Å². The number of carbonyl (C=O) groups is 1. The fraction of sp³-hybridized carbons (Fsp3) is 0.235. The van der Waals surface area contributed by atoms with Crippen LogP contribution in [0.1, 0.15) is 22.7 Å². The zero-order chi connectivity index (χ0) is 14.1. The average molecular weight is 267 g/mol. The molecule has 2 aromatic rings. The molecule has 20 heavy (non-hydrogen) atoms. The Morgan fingerprint density at radius 1 is 1.05 bits per heavy atom. The first-order chi connectivity index (χ1) is 9.66. The molecule has 102 valence electrons. The topological polar surface area (TPSA) is 40.5 Å². The number of hydrogen-bond acceptors (Lipinski definition) is 2. The molecular weight excluding hydrogens is 250 g/mol. The van der Waals surface area contributed by atoms with Gasteiger partial charge < -0.3 is 10.0 Å². The Morgan fingerprint density at radius 2 is 1.70 bits per heavy atom. The van der Waals surface area contributed by atoms with E-state index < -0.39 is 6.10 Å². The van der Waals surface area contributed by atoms with E-state index >= 15 is 0 Å². The van der Waals surface area contributed by atoms with Gasteiger partial charge in [0.2, 0.25) is 0 Å². The number of aliphatic hydroxyl groups excluding tert-OH is 1. The number of rotatable bonds is 3. The maximum Gasteiger partial charge on any atom is 0.254 e. The summed E-state index contributed by atoms with van der Waals surface area (Å²) < 4.78 is 0. The summed E-state index contributed by atoms with van der Waals surface area (Å²) in [7, 11) is 0. The summed E-state index contributed by atoms with van der Waals surface area (Å²) in [4.78, 5) is 13.6. The zero-order valence-corrected chi connectivity index (χ0v) is 11.4. The normalized spacial score (nSPS) is 21.7.